The minimum absolute atomic E-state index is 0.251. The summed E-state index contributed by atoms with van der Waals surface area (Å²) in [5.41, 5.74) is 1.84. The molecule has 0 spiro atoms. The molecule has 1 aliphatic rings. The molecule has 0 amide bonds. The van der Waals surface area contributed by atoms with Crippen molar-refractivity contribution in [2.45, 2.75) is 19.3 Å². The van der Waals surface area contributed by atoms with Gasteiger partial charge in [-0.25, -0.2) is 0 Å². The molecular weight excluding hydrogens is 231 g/mol. The van der Waals surface area contributed by atoms with Gasteiger partial charge in [-0.05, 0) is 42.2 Å². The van der Waals surface area contributed by atoms with E-state index in [0.29, 0.717) is 16.5 Å². The highest BCUT2D eigenvalue weighted by molar-refractivity contribution is 6.42. The number of halogens is 2. The molecule has 1 aromatic carbocycles. The average molecular weight is 241 g/mol. The molecular formula is C12H10Cl2O. The second-order valence-corrected chi connectivity index (χ2v) is 4.43. The predicted octanol–water partition coefficient (Wildman–Crippen LogP) is 4.13. The number of hydrogen-bond acceptors (Lipinski definition) is 1. The van der Waals surface area contributed by atoms with E-state index in [4.69, 9.17) is 23.2 Å². The molecule has 1 aliphatic carbocycles. The molecule has 2 rings (SSSR count). The van der Waals surface area contributed by atoms with E-state index in [1.165, 1.54) is 0 Å². The van der Waals surface area contributed by atoms with Crippen LogP contribution in [0.15, 0.2) is 23.8 Å². The van der Waals surface area contributed by atoms with Crippen LogP contribution in [0, 0.1) is 0 Å². The van der Waals surface area contributed by atoms with E-state index < -0.39 is 0 Å². The lowest BCUT2D eigenvalue weighted by atomic mass is 10.1. The molecule has 1 saturated carbocycles. The molecule has 0 bridgehead atoms. The fraction of sp³-hybridized carbons (Fsp3) is 0.250. The van der Waals surface area contributed by atoms with Crippen LogP contribution in [0.5, 0.6) is 0 Å². The molecule has 0 heterocycles. The summed E-state index contributed by atoms with van der Waals surface area (Å²) in [4.78, 5) is 11.4. The van der Waals surface area contributed by atoms with Crippen LogP contribution in [-0.4, -0.2) is 5.78 Å². The zero-order valence-electron chi connectivity index (χ0n) is 8.09. The van der Waals surface area contributed by atoms with Gasteiger partial charge < -0.3 is 0 Å². The smallest absolute Gasteiger partial charge is 0.158 e. The Balaban J connectivity index is 2.31. The van der Waals surface area contributed by atoms with E-state index in [1.807, 2.05) is 12.1 Å². The van der Waals surface area contributed by atoms with Crippen molar-refractivity contribution in [1.29, 1.82) is 0 Å². The van der Waals surface area contributed by atoms with Crippen LogP contribution in [0.3, 0.4) is 0 Å². The van der Waals surface area contributed by atoms with Crippen molar-refractivity contribution in [3.63, 3.8) is 0 Å². The number of allylic oxidation sites excluding steroid dienone is 1. The number of ketones is 1. The summed E-state index contributed by atoms with van der Waals surface area (Å²) in [6.45, 7) is 0. The SMILES string of the molecule is O=C1CCCC1=Cc1ccc(Cl)c(Cl)c1. The van der Waals surface area contributed by atoms with Crippen LogP contribution >= 0.6 is 23.2 Å². The third-order valence-corrected chi connectivity index (χ3v) is 3.23. The second kappa shape index (κ2) is 4.38. The number of carbonyl (C=O) groups excluding carboxylic acids is 1. The molecule has 1 fully saturated rings. The molecule has 0 atom stereocenters. The fourth-order valence-corrected chi connectivity index (χ4v) is 2.00. The third-order valence-electron chi connectivity index (χ3n) is 2.49. The Bertz CT molecular complexity index is 435. The summed E-state index contributed by atoms with van der Waals surface area (Å²) >= 11 is 11.7. The molecule has 0 saturated heterocycles. The molecule has 0 unspecified atom stereocenters. The van der Waals surface area contributed by atoms with E-state index in [-0.39, 0.29) is 5.78 Å². The Kier molecular flexibility index (Phi) is 3.13. The van der Waals surface area contributed by atoms with Crippen LogP contribution in [0.25, 0.3) is 6.08 Å². The summed E-state index contributed by atoms with van der Waals surface area (Å²) < 4.78 is 0. The van der Waals surface area contributed by atoms with Gasteiger partial charge in [-0.2, -0.15) is 0 Å². The number of rotatable bonds is 1. The van der Waals surface area contributed by atoms with E-state index >= 15 is 0 Å². The van der Waals surface area contributed by atoms with E-state index in [2.05, 4.69) is 0 Å². The number of carbonyl (C=O) groups is 1. The van der Waals surface area contributed by atoms with Gasteiger partial charge in [-0.3, -0.25) is 4.79 Å². The highest BCUT2D eigenvalue weighted by Crippen LogP contribution is 2.26. The normalized spacial score (nSPS) is 18.8. The van der Waals surface area contributed by atoms with Crippen molar-refractivity contribution >= 4 is 35.1 Å². The lowest BCUT2D eigenvalue weighted by Crippen LogP contribution is -1.90. The molecule has 1 nitrogen and oxygen atoms in total. The average Bonchev–Trinajstić information content (AvgIpc) is 2.59. The number of Topliss-reactive ketones (excluding diaryl/α,β-unsaturated/α-hetero) is 1. The van der Waals surface area contributed by atoms with Crippen LogP contribution in [0.1, 0.15) is 24.8 Å². The van der Waals surface area contributed by atoms with Crippen molar-refractivity contribution in [2.75, 3.05) is 0 Å². The maximum atomic E-state index is 11.4. The molecule has 0 aromatic heterocycles. The van der Waals surface area contributed by atoms with Gasteiger partial charge in [0.25, 0.3) is 0 Å². The zero-order valence-corrected chi connectivity index (χ0v) is 9.61. The standard InChI is InChI=1S/C12H10Cl2O/c13-10-5-4-8(7-11(10)14)6-9-2-1-3-12(9)15/h4-7H,1-3H2. The van der Waals surface area contributed by atoms with Gasteiger partial charge in [0.1, 0.15) is 0 Å². The largest absolute Gasteiger partial charge is 0.295 e. The number of hydrogen-bond donors (Lipinski definition) is 0. The van der Waals surface area contributed by atoms with Gasteiger partial charge in [0, 0.05) is 6.42 Å². The first-order chi connectivity index (χ1) is 7.16. The van der Waals surface area contributed by atoms with Gasteiger partial charge in [0.15, 0.2) is 5.78 Å². The Morgan fingerprint density at radius 2 is 1.93 bits per heavy atom. The molecule has 0 N–H and O–H groups in total. The summed E-state index contributed by atoms with van der Waals surface area (Å²) in [7, 11) is 0. The quantitative estimate of drug-likeness (QED) is 0.675. The molecule has 78 valence electrons. The monoisotopic (exact) mass is 240 g/mol. The fourth-order valence-electron chi connectivity index (χ4n) is 1.70. The maximum Gasteiger partial charge on any atom is 0.158 e. The van der Waals surface area contributed by atoms with Gasteiger partial charge in [0.2, 0.25) is 0 Å². The zero-order chi connectivity index (χ0) is 10.8. The lowest BCUT2D eigenvalue weighted by Gasteiger charge is -1.99. The minimum Gasteiger partial charge on any atom is -0.295 e. The minimum atomic E-state index is 0.251. The Labute approximate surface area is 98.7 Å². The highest BCUT2D eigenvalue weighted by atomic mass is 35.5. The van der Waals surface area contributed by atoms with Crippen molar-refractivity contribution in [3.05, 3.63) is 39.4 Å². The summed E-state index contributed by atoms with van der Waals surface area (Å²) in [6, 6.07) is 5.39. The van der Waals surface area contributed by atoms with E-state index in [0.717, 1.165) is 24.0 Å². The molecule has 0 radical (unpaired) electrons. The van der Waals surface area contributed by atoms with Crippen LogP contribution in [-0.2, 0) is 4.79 Å². The first-order valence-electron chi connectivity index (χ1n) is 4.85. The third kappa shape index (κ3) is 2.42. The molecule has 3 heteroatoms. The summed E-state index contributed by atoms with van der Waals surface area (Å²) in [5.74, 6) is 0.251. The molecule has 0 aliphatic heterocycles. The molecule has 1 aromatic rings. The maximum absolute atomic E-state index is 11.4. The van der Waals surface area contributed by atoms with E-state index in [1.54, 1.807) is 12.1 Å². The topological polar surface area (TPSA) is 17.1 Å². The Morgan fingerprint density at radius 1 is 1.13 bits per heavy atom. The molecule has 15 heavy (non-hydrogen) atoms. The van der Waals surface area contributed by atoms with Gasteiger partial charge in [-0.15, -0.1) is 0 Å². The first kappa shape index (κ1) is 10.7. The van der Waals surface area contributed by atoms with Crippen molar-refractivity contribution < 1.29 is 4.79 Å². The van der Waals surface area contributed by atoms with Crippen molar-refractivity contribution in [2.24, 2.45) is 0 Å². The van der Waals surface area contributed by atoms with E-state index in [9.17, 15) is 4.79 Å². The highest BCUT2D eigenvalue weighted by Gasteiger charge is 2.16. The number of benzene rings is 1. The van der Waals surface area contributed by atoms with Crippen molar-refractivity contribution in [3.8, 4) is 0 Å². The second-order valence-electron chi connectivity index (χ2n) is 3.62. The summed E-state index contributed by atoms with van der Waals surface area (Å²) in [5, 5.41) is 1.06. The first-order valence-corrected chi connectivity index (χ1v) is 5.61. The predicted molar refractivity (Wildman–Crippen MR) is 63.3 cm³/mol. The van der Waals surface area contributed by atoms with Gasteiger partial charge in [-0.1, -0.05) is 29.3 Å². The van der Waals surface area contributed by atoms with Gasteiger partial charge >= 0.3 is 0 Å². The summed E-state index contributed by atoms with van der Waals surface area (Å²) in [6.07, 6.45) is 4.41. The van der Waals surface area contributed by atoms with Crippen molar-refractivity contribution in [1.82, 2.24) is 0 Å². The van der Waals surface area contributed by atoms with Gasteiger partial charge in [0.05, 0.1) is 10.0 Å². The Hall–Kier alpha value is -0.790. The van der Waals surface area contributed by atoms with Crippen LogP contribution in [0.2, 0.25) is 10.0 Å². The Morgan fingerprint density at radius 3 is 2.53 bits per heavy atom. The van der Waals surface area contributed by atoms with Crippen LogP contribution < -0.4 is 0 Å². The van der Waals surface area contributed by atoms with Crippen LogP contribution in [0.4, 0.5) is 0 Å². The lowest BCUT2D eigenvalue weighted by molar-refractivity contribution is -0.114.